The first-order valence-electron chi connectivity index (χ1n) is 9.36. The monoisotopic (exact) mass is 413 g/mol. The van der Waals surface area contributed by atoms with Crippen molar-refractivity contribution >= 4 is 45.9 Å². The molecule has 1 aliphatic rings. The molecule has 1 saturated carbocycles. The van der Waals surface area contributed by atoms with Gasteiger partial charge < -0.3 is 14.8 Å². The lowest BCUT2D eigenvalue weighted by Gasteiger charge is -2.20. The molecule has 1 N–H and O–H groups in total. The highest BCUT2D eigenvalue weighted by atomic mass is 32.2. The molecular formula is C19H27NO5S2. The minimum absolute atomic E-state index is 0.173. The average Bonchev–Trinajstić information content (AvgIpc) is 2.97. The van der Waals surface area contributed by atoms with Crippen molar-refractivity contribution in [1.82, 2.24) is 0 Å². The quantitative estimate of drug-likeness (QED) is 0.636. The summed E-state index contributed by atoms with van der Waals surface area (Å²) in [6, 6.07) is 0. The zero-order chi connectivity index (χ0) is 19.8. The van der Waals surface area contributed by atoms with E-state index in [-0.39, 0.29) is 24.7 Å². The Bertz CT molecular complexity index is 680. The van der Waals surface area contributed by atoms with Crippen LogP contribution < -0.4 is 5.32 Å². The van der Waals surface area contributed by atoms with Crippen molar-refractivity contribution in [2.24, 2.45) is 0 Å². The third kappa shape index (κ3) is 5.97. The molecule has 1 fully saturated rings. The number of amides is 1. The molecule has 0 aliphatic heterocycles. The topological polar surface area (TPSA) is 81.7 Å². The lowest BCUT2D eigenvalue weighted by molar-refractivity contribution is -0.113. The summed E-state index contributed by atoms with van der Waals surface area (Å²) in [5.41, 5.74) is 0.716. The molecule has 1 aliphatic carbocycles. The van der Waals surface area contributed by atoms with Crippen molar-refractivity contribution in [2.45, 2.75) is 58.1 Å². The van der Waals surface area contributed by atoms with Gasteiger partial charge in [0.25, 0.3) is 0 Å². The first kappa shape index (κ1) is 21.8. The molecule has 1 aromatic rings. The van der Waals surface area contributed by atoms with Gasteiger partial charge in [0.05, 0.1) is 24.5 Å². The van der Waals surface area contributed by atoms with Gasteiger partial charge in [0.1, 0.15) is 9.88 Å². The van der Waals surface area contributed by atoms with E-state index in [1.807, 2.05) is 0 Å². The SMILES string of the molecule is CCOC(=O)c1sc(NC(=O)CSC2CCCCC2)c(C(=O)OCC)c1C. The molecule has 0 aromatic carbocycles. The van der Waals surface area contributed by atoms with Crippen LogP contribution in [-0.4, -0.2) is 42.1 Å². The maximum atomic E-state index is 12.4. The summed E-state index contributed by atoms with van der Waals surface area (Å²) in [5.74, 6) is -0.883. The highest BCUT2D eigenvalue weighted by molar-refractivity contribution is 8.00. The van der Waals surface area contributed by atoms with Gasteiger partial charge in [-0.2, -0.15) is 0 Å². The molecule has 0 saturated heterocycles. The van der Waals surface area contributed by atoms with E-state index in [0.717, 1.165) is 24.2 Å². The third-order valence-electron chi connectivity index (χ3n) is 4.34. The molecule has 1 amide bonds. The van der Waals surface area contributed by atoms with Crippen LogP contribution in [0.1, 0.15) is 71.5 Å². The molecular weight excluding hydrogens is 386 g/mol. The van der Waals surface area contributed by atoms with E-state index in [2.05, 4.69) is 5.32 Å². The van der Waals surface area contributed by atoms with E-state index < -0.39 is 11.9 Å². The van der Waals surface area contributed by atoms with Crippen LogP contribution in [0.25, 0.3) is 0 Å². The van der Waals surface area contributed by atoms with Crippen LogP contribution in [0, 0.1) is 6.92 Å². The summed E-state index contributed by atoms with van der Waals surface area (Å²) in [6.07, 6.45) is 6.02. The predicted molar refractivity (Wildman–Crippen MR) is 109 cm³/mol. The number of nitrogens with one attached hydrogen (secondary N) is 1. The molecule has 8 heteroatoms. The number of carbonyl (C=O) groups excluding carboxylic acids is 3. The van der Waals surface area contributed by atoms with Crippen molar-refractivity contribution < 1.29 is 23.9 Å². The smallest absolute Gasteiger partial charge is 0.348 e. The van der Waals surface area contributed by atoms with Crippen molar-refractivity contribution in [3.05, 3.63) is 16.0 Å². The maximum absolute atomic E-state index is 12.4. The minimum Gasteiger partial charge on any atom is -0.462 e. The van der Waals surface area contributed by atoms with E-state index in [0.29, 0.717) is 26.4 Å². The number of thiophene rings is 1. The average molecular weight is 414 g/mol. The molecule has 0 radical (unpaired) electrons. The van der Waals surface area contributed by atoms with Crippen LogP contribution >= 0.6 is 23.1 Å². The van der Waals surface area contributed by atoms with Crippen LogP contribution in [0.3, 0.4) is 0 Å². The van der Waals surface area contributed by atoms with E-state index in [4.69, 9.17) is 9.47 Å². The molecule has 0 spiro atoms. The Kier molecular flexibility index (Phi) is 8.63. The standard InChI is InChI=1S/C19H27NO5S2/c1-4-24-18(22)15-12(3)16(19(23)25-5-2)27-17(15)20-14(21)11-26-13-9-7-6-8-10-13/h13H,4-11H2,1-3H3,(H,20,21). The Morgan fingerprint density at radius 1 is 1.07 bits per heavy atom. The number of hydrogen-bond acceptors (Lipinski definition) is 7. The molecule has 0 unspecified atom stereocenters. The van der Waals surface area contributed by atoms with Gasteiger partial charge in [-0.1, -0.05) is 19.3 Å². The van der Waals surface area contributed by atoms with Crippen molar-refractivity contribution in [1.29, 1.82) is 0 Å². The predicted octanol–water partition coefficient (Wildman–Crippen LogP) is 4.41. The first-order chi connectivity index (χ1) is 13.0. The van der Waals surface area contributed by atoms with Gasteiger partial charge >= 0.3 is 11.9 Å². The van der Waals surface area contributed by atoms with E-state index in [9.17, 15) is 14.4 Å². The molecule has 2 rings (SSSR count). The number of carbonyl (C=O) groups is 3. The van der Waals surface area contributed by atoms with Crippen molar-refractivity contribution in [2.75, 3.05) is 24.3 Å². The molecule has 6 nitrogen and oxygen atoms in total. The Hall–Kier alpha value is -1.54. The number of esters is 2. The lowest BCUT2D eigenvalue weighted by Crippen LogP contribution is -2.19. The van der Waals surface area contributed by atoms with Gasteiger partial charge in [-0.05, 0) is 39.2 Å². The van der Waals surface area contributed by atoms with Crippen molar-refractivity contribution in [3.63, 3.8) is 0 Å². The Morgan fingerprint density at radius 3 is 2.33 bits per heavy atom. The largest absolute Gasteiger partial charge is 0.462 e. The van der Waals surface area contributed by atoms with Crippen molar-refractivity contribution in [3.8, 4) is 0 Å². The number of anilines is 1. The van der Waals surface area contributed by atoms with E-state index >= 15 is 0 Å². The molecule has 27 heavy (non-hydrogen) atoms. The summed E-state index contributed by atoms with van der Waals surface area (Å²) in [4.78, 5) is 37.2. The van der Waals surface area contributed by atoms with Gasteiger partial charge in [-0.25, -0.2) is 9.59 Å². The molecule has 0 bridgehead atoms. The Morgan fingerprint density at radius 2 is 1.70 bits per heavy atom. The fourth-order valence-corrected chi connectivity index (χ4v) is 5.26. The van der Waals surface area contributed by atoms with Gasteiger partial charge in [0, 0.05) is 5.25 Å². The molecule has 0 atom stereocenters. The van der Waals surface area contributed by atoms with E-state index in [1.54, 1.807) is 32.5 Å². The number of hydrogen-bond donors (Lipinski definition) is 1. The summed E-state index contributed by atoms with van der Waals surface area (Å²) < 4.78 is 10.1. The summed E-state index contributed by atoms with van der Waals surface area (Å²) in [7, 11) is 0. The first-order valence-corrected chi connectivity index (χ1v) is 11.2. The fraction of sp³-hybridized carbons (Fsp3) is 0.632. The highest BCUT2D eigenvalue weighted by Gasteiger charge is 2.27. The van der Waals surface area contributed by atoms with E-state index in [1.165, 1.54) is 19.3 Å². The van der Waals surface area contributed by atoms with Crippen LogP contribution in [0.5, 0.6) is 0 Å². The second-order valence-electron chi connectivity index (χ2n) is 6.32. The number of ether oxygens (including phenoxy) is 2. The Balaban J connectivity index is 2.12. The fourth-order valence-electron chi connectivity index (χ4n) is 3.03. The van der Waals surface area contributed by atoms with Crippen LogP contribution in [0.4, 0.5) is 5.00 Å². The minimum atomic E-state index is -0.544. The molecule has 150 valence electrons. The van der Waals surface area contributed by atoms with Gasteiger partial charge in [0.2, 0.25) is 5.91 Å². The van der Waals surface area contributed by atoms with Crippen LogP contribution in [-0.2, 0) is 14.3 Å². The van der Waals surface area contributed by atoms with Crippen LogP contribution in [0.2, 0.25) is 0 Å². The summed E-state index contributed by atoms with van der Waals surface area (Å²) in [6.45, 7) is 5.56. The second-order valence-corrected chi connectivity index (χ2v) is 8.63. The molecule has 1 heterocycles. The lowest BCUT2D eigenvalue weighted by atomic mass is 10.0. The summed E-state index contributed by atoms with van der Waals surface area (Å²) >= 11 is 2.72. The normalized spacial score (nSPS) is 14.6. The number of thioether (sulfide) groups is 1. The van der Waals surface area contributed by atoms with Gasteiger partial charge in [-0.15, -0.1) is 23.1 Å². The van der Waals surface area contributed by atoms with Gasteiger partial charge in [0.15, 0.2) is 0 Å². The highest BCUT2D eigenvalue weighted by Crippen LogP contribution is 2.35. The van der Waals surface area contributed by atoms with Crippen LogP contribution in [0.15, 0.2) is 0 Å². The zero-order valence-corrected chi connectivity index (χ0v) is 17.7. The number of rotatable bonds is 8. The zero-order valence-electron chi connectivity index (χ0n) is 16.1. The maximum Gasteiger partial charge on any atom is 0.348 e. The summed E-state index contributed by atoms with van der Waals surface area (Å²) in [5, 5.41) is 3.67. The third-order valence-corrected chi connectivity index (χ3v) is 6.90. The van der Waals surface area contributed by atoms with Gasteiger partial charge in [-0.3, -0.25) is 4.79 Å². The molecule has 1 aromatic heterocycles. The Labute approximate surface area is 168 Å². The second kappa shape index (κ2) is 10.7.